The van der Waals surface area contributed by atoms with Gasteiger partial charge in [0.25, 0.3) is 0 Å². The van der Waals surface area contributed by atoms with E-state index in [0.29, 0.717) is 6.54 Å². The molecule has 0 spiro atoms. The summed E-state index contributed by atoms with van der Waals surface area (Å²) in [6.07, 6.45) is 0.996. The summed E-state index contributed by atoms with van der Waals surface area (Å²) < 4.78 is 18.3. The molecule has 5 nitrogen and oxygen atoms in total. The number of amides is 1. The molecule has 0 saturated heterocycles. The highest BCUT2D eigenvalue weighted by Gasteiger charge is 2.12. The van der Waals surface area contributed by atoms with E-state index in [9.17, 15) is 14.0 Å². The standard InChI is InChI=1S/C15H21FN2O3.ClH/c1-17-8-3-9-18-15(20)7-5-13(19)11-4-6-14(21-2)12(16)10-11;/h4,6,10,17H,3,5,7-9H2,1-2H3,(H,18,20);1H. The van der Waals surface area contributed by atoms with Crippen molar-refractivity contribution >= 4 is 24.1 Å². The van der Waals surface area contributed by atoms with Gasteiger partial charge in [0.05, 0.1) is 7.11 Å². The van der Waals surface area contributed by atoms with E-state index < -0.39 is 5.82 Å². The molecule has 1 aromatic carbocycles. The van der Waals surface area contributed by atoms with Crippen LogP contribution in [0.1, 0.15) is 29.6 Å². The summed E-state index contributed by atoms with van der Waals surface area (Å²) in [5, 5.41) is 5.71. The van der Waals surface area contributed by atoms with Gasteiger partial charge in [-0.05, 0) is 38.2 Å². The summed E-state index contributed by atoms with van der Waals surface area (Å²) in [5.41, 5.74) is 0.247. The van der Waals surface area contributed by atoms with Crippen molar-refractivity contribution in [3.05, 3.63) is 29.6 Å². The first kappa shape index (κ1) is 20.3. The molecule has 0 bridgehead atoms. The number of carbonyl (C=O) groups excluding carboxylic acids is 2. The van der Waals surface area contributed by atoms with Gasteiger partial charge in [-0.25, -0.2) is 4.39 Å². The molecule has 2 N–H and O–H groups in total. The van der Waals surface area contributed by atoms with E-state index in [2.05, 4.69) is 10.6 Å². The van der Waals surface area contributed by atoms with E-state index >= 15 is 0 Å². The van der Waals surface area contributed by atoms with E-state index in [4.69, 9.17) is 4.74 Å². The van der Waals surface area contributed by atoms with Crippen molar-refractivity contribution in [2.24, 2.45) is 0 Å². The van der Waals surface area contributed by atoms with Crippen LogP contribution in [0.2, 0.25) is 0 Å². The van der Waals surface area contributed by atoms with Crippen molar-refractivity contribution in [1.29, 1.82) is 0 Å². The minimum atomic E-state index is -0.583. The van der Waals surface area contributed by atoms with Gasteiger partial charge in [0, 0.05) is 24.9 Å². The van der Waals surface area contributed by atoms with Crippen molar-refractivity contribution in [2.45, 2.75) is 19.3 Å². The van der Waals surface area contributed by atoms with E-state index in [1.807, 2.05) is 7.05 Å². The minimum Gasteiger partial charge on any atom is -0.494 e. The van der Waals surface area contributed by atoms with E-state index in [-0.39, 0.29) is 48.3 Å². The lowest BCUT2D eigenvalue weighted by Crippen LogP contribution is -2.26. The number of benzene rings is 1. The lowest BCUT2D eigenvalue weighted by molar-refractivity contribution is -0.121. The van der Waals surface area contributed by atoms with Gasteiger partial charge in [0.2, 0.25) is 5.91 Å². The average Bonchev–Trinajstić information content (AvgIpc) is 2.49. The number of ketones is 1. The quantitative estimate of drug-likeness (QED) is 0.536. The zero-order valence-corrected chi connectivity index (χ0v) is 13.6. The molecule has 124 valence electrons. The highest BCUT2D eigenvalue weighted by molar-refractivity contribution is 5.98. The van der Waals surface area contributed by atoms with Crippen LogP contribution in [0.4, 0.5) is 4.39 Å². The van der Waals surface area contributed by atoms with Gasteiger partial charge in [-0.3, -0.25) is 9.59 Å². The van der Waals surface area contributed by atoms with Crippen molar-refractivity contribution in [3.8, 4) is 5.75 Å². The Morgan fingerprint density at radius 2 is 1.95 bits per heavy atom. The highest BCUT2D eigenvalue weighted by Crippen LogP contribution is 2.18. The Labute approximate surface area is 136 Å². The smallest absolute Gasteiger partial charge is 0.220 e. The first-order valence-electron chi connectivity index (χ1n) is 6.86. The number of nitrogens with one attached hydrogen (secondary N) is 2. The van der Waals surface area contributed by atoms with Crippen LogP contribution in [-0.2, 0) is 4.79 Å². The Hall–Kier alpha value is -1.66. The highest BCUT2D eigenvalue weighted by atomic mass is 35.5. The van der Waals surface area contributed by atoms with Crippen LogP contribution in [-0.4, -0.2) is 38.9 Å². The Kier molecular flexibility index (Phi) is 10.2. The summed E-state index contributed by atoms with van der Waals surface area (Å²) in [5.74, 6) is -0.927. The first-order chi connectivity index (χ1) is 10.1. The van der Waals surface area contributed by atoms with Gasteiger partial charge in [0.1, 0.15) is 0 Å². The molecule has 0 aliphatic carbocycles. The van der Waals surface area contributed by atoms with Gasteiger partial charge in [-0.2, -0.15) is 0 Å². The molecular formula is C15H22ClFN2O3. The van der Waals surface area contributed by atoms with Crippen LogP contribution in [0.15, 0.2) is 18.2 Å². The Bertz CT molecular complexity index is 498. The molecule has 0 atom stereocenters. The van der Waals surface area contributed by atoms with Crippen LogP contribution < -0.4 is 15.4 Å². The van der Waals surface area contributed by atoms with Crippen LogP contribution in [0, 0.1) is 5.82 Å². The third-order valence-electron chi connectivity index (χ3n) is 2.98. The topological polar surface area (TPSA) is 67.4 Å². The van der Waals surface area contributed by atoms with Crippen molar-refractivity contribution < 1.29 is 18.7 Å². The monoisotopic (exact) mass is 332 g/mol. The second-order valence-electron chi connectivity index (χ2n) is 4.58. The van der Waals surface area contributed by atoms with Gasteiger partial charge in [-0.15, -0.1) is 12.4 Å². The molecule has 0 heterocycles. The van der Waals surface area contributed by atoms with Gasteiger partial charge in [-0.1, -0.05) is 0 Å². The second-order valence-corrected chi connectivity index (χ2v) is 4.58. The summed E-state index contributed by atoms with van der Waals surface area (Å²) in [6.45, 7) is 1.40. The molecule has 7 heteroatoms. The number of hydrogen-bond donors (Lipinski definition) is 2. The molecule has 0 radical (unpaired) electrons. The molecule has 1 amide bonds. The van der Waals surface area contributed by atoms with E-state index in [1.165, 1.54) is 19.2 Å². The molecule has 0 aromatic heterocycles. The normalized spacial score (nSPS) is 9.77. The second kappa shape index (κ2) is 11.0. The molecular weight excluding hydrogens is 311 g/mol. The number of carbonyl (C=O) groups is 2. The maximum atomic E-state index is 13.5. The van der Waals surface area contributed by atoms with Crippen LogP contribution in [0.3, 0.4) is 0 Å². The van der Waals surface area contributed by atoms with Crippen molar-refractivity contribution in [2.75, 3.05) is 27.2 Å². The summed E-state index contributed by atoms with van der Waals surface area (Å²) >= 11 is 0. The fourth-order valence-corrected chi connectivity index (χ4v) is 1.79. The number of ether oxygens (including phenoxy) is 1. The van der Waals surface area contributed by atoms with E-state index in [0.717, 1.165) is 19.0 Å². The molecule has 0 aliphatic rings. The summed E-state index contributed by atoms with van der Waals surface area (Å²) in [7, 11) is 3.20. The molecule has 1 aromatic rings. The molecule has 22 heavy (non-hydrogen) atoms. The largest absolute Gasteiger partial charge is 0.494 e. The maximum Gasteiger partial charge on any atom is 0.220 e. The summed E-state index contributed by atoms with van der Waals surface area (Å²) in [4.78, 5) is 23.4. The zero-order chi connectivity index (χ0) is 15.7. The van der Waals surface area contributed by atoms with Crippen molar-refractivity contribution in [3.63, 3.8) is 0 Å². The molecule has 0 unspecified atom stereocenters. The number of rotatable bonds is 9. The lowest BCUT2D eigenvalue weighted by atomic mass is 10.1. The predicted octanol–water partition coefficient (Wildman–Crippen LogP) is 1.94. The summed E-state index contributed by atoms with van der Waals surface area (Å²) in [6, 6.07) is 4.03. The fraction of sp³-hybridized carbons (Fsp3) is 0.467. The predicted molar refractivity (Wildman–Crippen MR) is 85.3 cm³/mol. The third-order valence-corrected chi connectivity index (χ3v) is 2.98. The fourth-order valence-electron chi connectivity index (χ4n) is 1.79. The zero-order valence-electron chi connectivity index (χ0n) is 12.8. The Morgan fingerprint density at radius 1 is 1.23 bits per heavy atom. The molecule has 0 aliphatic heterocycles. The number of hydrogen-bond acceptors (Lipinski definition) is 4. The molecule has 1 rings (SSSR count). The average molecular weight is 333 g/mol. The van der Waals surface area contributed by atoms with Crippen LogP contribution in [0.25, 0.3) is 0 Å². The Morgan fingerprint density at radius 3 is 2.55 bits per heavy atom. The maximum absolute atomic E-state index is 13.5. The molecule has 0 fully saturated rings. The van der Waals surface area contributed by atoms with Crippen molar-refractivity contribution in [1.82, 2.24) is 10.6 Å². The number of Topliss-reactive ketones (excluding diaryl/α,β-unsaturated/α-hetero) is 1. The Balaban J connectivity index is 0.00000441. The first-order valence-corrected chi connectivity index (χ1v) is 6.86. The van der Waals surface area contributed by atoms with Gasteiger partial charge in [0.15, 0.2) is 17.3 Å². The lowest BCUT2D eigenvalue weighted by Gasteiger charge is -2.06. The number of methoxy groups -OCH3 is 1. The minimum absolute atomic E-state index is 0. The van der Waals surface area contributed by atoms with Gasteiger partial charge < -0.3 is 15.4 Å². The van der Waals surface area contributed by atoms with E-state index in [1.54, 1.807) is 0 Å². The number of halogens is 2. The van der Waals surface area contributed by atoms with Crippen LogP contribution in [0.5, 0.6) is 5.75 Å². The SMILES string of the molecule is CNCCCNC(=O)CCC(=O)c1ccc(OC)c(F)c1.Cl. The van der Waals surface area contributed by atoms with Crippen LogP contribution >= 0.6 is 12.4 Å². The third kappa shape index (κ3) is 6.87. The molecule has 0 saturated carbocycles. The van der Waals surface area contributed by atoms with Gasteiger partial charge >= 0.3 is 0 Å².